The molecule has 0 bridgehead atoms. The summed E-state index contributed by atoms with van der Waals surface area (Å²) in [5.74, 6) is -0.348. The molecule has 0 unspecified atom stereocenters. The fourth-order valence-corrected chi connectivity index (χ4v) is 1.76. The molecule has 2 aromatic carbocycles. The van der Waals surface area contributed by atoms with E-state index in [1.165, 1.54) is 6.21 Å². The standard InChI is InChI=1S/C16H14ClNO2/c17-15-9-6-14(7-10-15)12-18-20-16(19)11-8-13-4-2-1-3-5-13/h1-7,9-10,12H,8,11H2/b18-12+. The van der Waals surface area contributed by atoms with E-state index in [9.17, 15) is 4.79 Å². The average Bonchev–Trinajstić information content (AvgIpc) is 2.48. The van der Waals surface area contributed by atoms with Gasteiger partial charge in [-0.1, -0.05) is 59.2 Å². The van der Waals surface area contributed by atoms with Crippen LogP contribution in [0.5, 0.6) is 0 Å². The van der Waals surface area contributed by atoms with Gasteiger partial charge < -0.3 is 4.84 Å². The van der Waals surface area contributed by atoms with Crippen LogP contribution in [0.4, 0.5) is 0 Å². The van der Waals surface area contributed by atoms with Gasteiger partial charge in [0.15, 0.2) is 0 Å². The van der Waals surface area contributed by atoms with Gasteiger partial charge >= 0.3 is 5.97 Å². The Morgan fingerprint density at radius 2 is 1.80 bits per heavy atom. The third-order valence-corrected chi connectivity index (χ3v) is 2.94. The second kappa shape index (κ2) is 7.46. The van der Waals surface area contributed by atoms with Gasteiger partial charge in [0.1, 0.15) is 0 Å². The van der Waals surface area contributed by atoms with Gasteiger partial charge in [-0.2, -0.15) is 0 Å². The molecule has 0 N–H and O–H groups in total. The van der Waals surface area contributed by atoms with Crippen molar-refractivity contribution in [3.05, 3.63) is 70.7 Å². The van der Waals surface area contributed by atoms with E-state index in [2.05, 4.69) is 5.16 Å². The highest BCUT2D eigenvalue weighted by Gasteiger charge is 2.02. The minimum Gasteiger partial charge on any atom is -0.318 e. The summed E-state index contributed by atoms with van der Waals surface area (Å²) in [7, 11) is 0. The zero-order valence-electron chi connectivity index (χ0n) is 10.8. The number of carbonyl (C=O) groups is 1. The van der Waals surface area contributed by atoms with Crippen LogP contribution in [0.1, 0.15) is 17.5 Å². The summed E-state index contributed by atoms with van der Waals surface area (Å²) < 4.78 is 0. The number of oxime groups is 1. The predicted octanol–water partition coefficient (Wildman–Crippen LogP) is 3.85. The van der Waals surface area contributed by atoms with Crippen LogP contribution in [0, 0.1) is 0 Å². The quantitative estimate of drug-likeness (QED) is 0.476. The molecular weight excluding hydrogens is 274 g/mol. The fourth-order valence-electron chi connectivity index (χ4n) is 1.63. The van der Waals surface area contributed by atoms with Crippen molar-refractivity contribution < 1.29 is 9.63 Å². The first kappa shape index (κ1) is 14.3. The molecular formula is C16H14ClNO2. The van der Waals surface area contributed by atoms with Crippen molar-refractivity contribution in [2.24, 2.45) is 5.16 Å². The second-order valence-electron chi connectivity index (χ2n) is 4.23. The topological polar surface area (TPSA) is 38.7 Å². The number of halogens is 1. The molecule has 0 amide bonds. The molecule has 4 heteroatoms. The Bertz CT molecular complexity index is 579. The lowest BCUT2D eigenvalue weighted by molar-refractivity contribution is -0.143. The van der Waals surface area contributed by atoms with Crippen molar-refractivity contribution in [2.45, 2.75) is 12.8 Å². The summed E-state index contributed by atoms with van der Waals surface area (Å²) >= 11 is 5.77. The van der Waals surface area contributed by atoms with Gasteiger partial charge in [-0.3, -0.25) is 0 Å². The molecule has 20 heavy (non-hydrogen) atoms. The van der Waals surface area contributed by atoms with Crippen molar-refractivity contribution in [1.29, 1.82) is 0 Å². The molecule has 0 saturated carbocycles. The van der Waals surface area contributed by atoms with Crippen LogP contribution < -0.4 is 0 Å². The van der Waals surface area contributed by atoms with Crippen molar-refractivity contribution in [3.63, 3.8) is 0 Å². The Hall–Kier alpha value is -2.13. The van der Waals surface area contributed by atoms with E-state index < -0.39 is 0 Å². The van der Waals surface area contributed by atoms with Gasteiger partial charge in [0, 0.05) is 5.02 Å². The van der Waals surface area contributed by atoms with Crippen LogP contribution in [0.3, 0.4) is 0 Å². The number of rotatable bonds is 5. The number of nitrogens with zero attached hydrogens (tertiary/aromatic N) is 1. The van der Waals surface area contributed by atoms with Crippen molar-refractivity contribution in [3.8, 4) is 0 Å². The summed E-state index contributed by atoms with van der Waals surface area (Å²) in [4.78, 5) is 16.3. The molecule has 0 fully saturated rings. The lowest BCUT2D eigenvalue weighted by atomic mass is 10.1. The van der Waals surface area contributed by atoms with E-state index in [1.54, 1.807) is 24.3 Å². The Morgan fingerprint density at radius 3 is 2.50 bits per heavy atom. The SMILES string of the molecule is O=C(CCc1ccccc1)O/N=C/c1ccc(Cl)cc1. The van der Waals surface area contributed by atoms with E-state index in [-0.39, 0.29) is 5.97 Å². The predicted molar refractivity (Wildman–Crippen MR) is 79.9 cm³/mol. The minimum atomic E-state index is -0.348. The maximum atomic E-state index is 11.5. The van der Waals surface area contributed by atoms with E-state index in [0.29, 0.717) is 17.9 Å². The largest absolute Gasteiger partial charge is 0.335 e. The number of carbonyl (C=O) groups excluding carboxylic acids is 1. The molecule has 2 rings (SSSR count). The normalized spacial score (nSPS) is 10.7. The molecule has 0 heterocycles. The van der Waals surface area contributed by atoms with Gasteiger partial charge in [0.25, 0.3) is 0 Å². The summed E-state index contributed by atoms with van der Waals surface area (Å²) in [5, 5.41) is 4.32. The average molecular weight is 288 g/mol. The van der Waals surface area contributed by atoms with Crippen molar-refractivity contribution in [2.75, 3.05) is 0 Å². The first-order chi connectivity index (χ1) is 9.74. The van der Waals surface area contributed by atoms with Crippen LogP contribution in [0.15, 0.2) is 59.8 Å². The molecule has 0 aliphatic heterocycles. The monoisotopic (exact) mass is 287 g/mol. The van der Waals surface area contributed by atoms with E-state index >= 15 is 0 Å². The molecule has 0 aliphatic rings. The molecule has 0 aliphatic carbocycles. The van der Waals surface area contributed by atoms with Gasteiger partial charge in [-0.15, -0.1) is 0 Å². The highest BCUT2D eigenvalue weighted by atomic mass is 35.5. The Balaban J connectivity index is 1.76. The van der Waals surface area contributed by atoms with E-state index in [1.807, 2.05) is 30.3 Å². The highest BCUT2D eigenvalue weighted by Crippen LogP contribution is 2.08. The second-order valence-corrected chi connectivity index (χ2v) is 4.67. The van der Waals surface area contributed by atoms with Crippen LogP contribution in [-0.4, -0.2) is 12.2 Å². The molecule has 0 radical (unpaired) electrons. The van der Waals surface area contributed by atoms with Crippen LogP contribution in [0.25, 0.3) is 0 Å². The first-order valence-electron chi connectivity index (χ1n) is 6.27. The third kappa shape index (κ3) is 4.86. The first-order valence-corrected chi connectivity index (χ1v) is 6.64. The van der Waals surface area contributed by atoms with Gasteiger partial charge in [-0.05, 0) is 29.7 Å². The Labute approximate surface area is 122 Å². The van der Waals surface area contributed by atoms with E-state index in [0.717, 1.165) is 11.1 Å². The minimum absolute atomic E-state index is 0.308. The molecule has 3 nitrogen and oxygen atoms in total. The number of hydrogen-bond donors (Lipinski definition) is 0. The zero-order chi connectivity index (χ0) is 14.2. The molecule has 0 aromatic heterocycles. The lowest BCUT2D eigenvalue weighted by Gasteiger charge is -1.99. The summed E-state index contributed by atoms with van der Waals surface area (Å²) in [6.07, 6.45) is 2.44. The van der Waals surface area contributed by atoms with Crippen LogP contribution in [-0.2, 0) is 16.1 Å². The maximum Gasteiger partial charge on any atom is 0.335 e. The molecule has 2 aromatic rings. The van der Waals surface area contributed by atoms with Gasteiger partial charge in [0.2, 0.25) is 0 Å². The Morgan fingerprint density at radius 1 is 1.10 bits per heavy atom. The molecule has 102 valence electrons. The van der Waals surface area contributed by atoms with Gasteiger partial charge in [0.05, 0.1) is 12.6 Å². The smallest absolute Gasteiger partial charge is 0.318 e. The number of hydrogen-bond acceptors (Lipinski definition) is 3. The van der Waals surface area contributed by atoms with Gasteiger partial charge in [-0.25, -0.2) is 4.79 Å². The fraction of sp³-hybridized carbons (Fsp3) is 0.125. The number of benzene rings is 2. The third-order valence-electron chi connectivity index (χ3n) is 2.69. The number of aryl methyl sites for hydroxylation is 1. The summed E-state index contributed by atoms with van der Waals surface area (Å²) in [6, 6.07) is 16.9. The Kier molecular flexibility index (Phi) is 5.33. The van der Waals surface area contributed by atoms with E-state index in [4.69, 9.17) is 16.4 Å². The molecule has 0 saturated heterocycles. The highest BCUT2D eigenvalue weighted by molar-refractivity contribution is 6.30. The van der Waals surface area contributed by atoms with Crippen molar-refractivity contribution >= 4 is 23.8 Å². The molecule has 0 atom stereocenters. The van der Waals surface area contributed by atoms with Crippen LogP contribution in [0.2, 0.25) is 5.02 Å². The summed E-state index contributed by atoms with van der Waals surface area (Å²) in [6.45, 7) is 0. The lowest BCUT2D eigenvalue weighted by Crippen LogP contribution is -2.02. The van der Waals surface area contributed by atoms with Crippen molar-refractivity contribution in [1.82, 2.24) is 0 Å². The summed E-state index contributed by atoms with van der Waals surface area (Å²) in [5.41, 5.74) is 1.93. The maximum absolute atomic E-state index is 11.5. The van der Waals surface area contributed by atoms with Crippen LogP contribution >= 0.6 is 11.6 Å². The molecule has 0 spiro atoms. The zero-order valence-corrected chi connectivity index (χ0v) is 11.6.